The molecule has 2 aliphatic rings. The van der Waals surface area contributed by atoms with Crippen molar-refractivity contribution in [1.82, 2.24) is 5.32 Å². The number of nitrogens with zero attached hydrogens (tertiary/aromatic N) is 2. The van der Waals surface area contributed by atoms with Crippen molar-refractivity contribution >= 4 is 52.2 Å². The van der Waals surface area contributed by atoms with Crippen LogP contribution in [0.3, 0.4) is 0 Å². The molecule has 0 bridgehead atoms. The Hall–Kier alpha value is -2.62. The number of piperidine rings is 1. The van der Waals surface area contributed by atoms with E-state index < -0.39 is 12.2 Å². The van der Waals surface area contributed by atoms with Crippen molar-refractivity contribution in [3.8, 4) is 0 Å². The molecular formula is C23H26ClN3O5S. The van der Waals surface area contributed by atoms with E-state index in [0.717, 1.165) is 24.1 Å². The van der Waals surface area contributed by atoms with E-state index in [2.05, 4.69) is 5.32 Å². The summed E-state index contributed by atoms with van der Waals surface area (Å²) >= 11 is 7.06. The van der Waals surface area contributed by atoms with Crippen LogP contribution in [-0.4, -0.2) is 55.4 Å². The van der Waals surface area contributed by atoms with Crippen LogP contribution in [-0.2, 0) is 9.53 Å². The number of aliphatic hydroxyl groups is 1. The van der Waals surface area contributed by atoms with Crippen LogP contribution in [0.2, 0.25) is 4.34 Å². The number of rotatable bonds is 7. The molecule has 33 heavy (non-hydrogen) atoms. The summed E-state index contributed by atoms with van der Waals surface area (Å²) < 4.78 is 5.96. The Kier molecular flexibility index (Phi) is 7.21. The zero-order chi connectivity index (χ0) is 23.5. The number of thiophene rings is 1. The molecule has 2 aliphatic heterocycles. The maximum atomic E-state index is 12.8. The lowest BCUT2D eigenvalue weighted by atomic mass is 9.93. The molecule has 0 spiro atoms. The highest BCUT2D eigenvalue weighted by Crippen LogP contribution is 2.32. The second-order valence-electron chi connectivity index (χ2n) is 8.24. The summed E-state index contributed by atoms with van der Waals surface area (Å²) in [6, 6.07) is 8.84. The van der Waals surface area contributed by atoms with Gasteiger partial charge in [0.1, 0.15) is 6.10 Å². The SMILES string of the molecule is Cc1cc(N2C[C@H](CNC(=O)c3ccc(Cl)s3)OC2=O)ccc1N1CCCC(CCO)C1=O. The molecule has 1 aromatic carbocycles. The van der Waals surface area contributed by atoms with Gasteiger partial charge in [-0.25, -0.2) is 4.79 Å². The predicted molar refractivity (Wildman–Crippen MR) is 127 cm³/mol. The third-order valence-corrected chi connectivity index (χ3v) is 7.20. The summed E-state index contributed by atoms with van der Waals surface area (Å²) in [7, 11) is 0. The van der Waals surface area contributed by atoms with Crippen molar-refractivity contribution < 1.29 is 24.2 Å². The Balaban J connectivity index is 1.40. The number of aryl methyl sites for hydroxylation is 1. The third kappa shape index (κ3) is 5.15. The Bertz CT molecular complexity index is 1060. The van der Waals surface area contributed by atoms with Gasteiger partial charge < -0.3 is 20.1 Å². The van der Waals surface area contributed by atoms with Gasteiger partial charge in [-0.15, -0.1) is 11.3 Å². The molecular weight excluding hydrogens is 466 g/mol. The van der Waals surface area contributed by atoms with Gasteiger partial charge in [-0.05, 0) is 62.1 Å². The maximum Gasteiger partial charge on any atom is 0.414 e. The quantitative estimate of drug-likeness (QED) is 0.616. The number of hydrogen-bond donors (Lipinski definition) is 2. The first-order valence-electron chi connectivity index (χ1n) is 10.9. The molecule has 3 heterocycles. The third-order valence-electron chi connectivity index (χ3n) is 5.97. The number of carbonyl (C=O) groups is 3. The molecule has 1 aromatic heterocycles. The lowest BCUT2D eigenvalue weighted by molar-refractivity contribution is -0.124. The van der Waals surface area contributed by atoms with E-state index in [0.29, 0.717) is 34.4 Å². The molecule has 2 atom stereocenters. The molecule has 4 rings (SSSR count). The van der Waals surface area contributed by atoms with Crippen LogP contribution in [0, 0.1) is 12.8 Å². The van der Waals surface area contributed by atoms with E-state index in [4.69, 9.17) is 16.3 Å². The van der Waals surface area contributed by atoms with Crippen molar-refractivity contribution in [3.05, 3.63) is 45.1 Å². The molecule has 2 aromatic rings. The van der Waals surface area contributed by atoms with E-state index in [1.165, 1.54) is 16.2 Å². The minimum Gasteiger partial charge on any atom is -0.442 e. The fourth-order valence-electron chi connectivity index (χ4n) is 4.29. The van der Waals surface area contributed by atoms with Crippen molar-refractivity contribution in [3.63, 3.8) is 0 Å². The highest BCUT2D eigenvalue weighted by atomic mass is 35.5. The van der Waals surface area contributed by atoms with Crippen molar-refractivity contribution in [2.45, 2.75) is 32.3 Å². The first kappa shape index (κ1) is 23.5. The van der Waals surface area contributed by atoms with Gasteiger partial charge in [0.2, 0.25) is 5.91 Å². The molecule has 3 amide bonds. The topological polar surface area (TPSA) is 99.2 Å². The number of nitrogens with one attached hydrogen (secondary N) is 1. The van der Waals surface area contributed by atoms with Gasteiger partial charge in [0.05, 0.1) is 22.3 Å². The minimum absolute atomic E-state index is 0.00192. The fourth-order valence-corrected chi connectivity index (χ4v) is 5.25. The summed E-state index contributed by atoms with van der Waals surface area (Å²) in [6.45, 7) is 3.06. The first-order valence-corrected chi connectivity index (χ1v) is 12.1. The van der Waals surface area contributed by atoms with Crippen molar-refractivity contribution in [2.75, 3.05) is 36.0 Å². The highest BCUT2D eigenvalue weighted by Gasteiger charge is 2.34. The van der Waals surface area contributed by atoms with Gasteiger partial charge in [-0.2, -0.15) is 0 Å². The molecule has 8 nitrogen and oxygen atoms in total. The average molecular weight is 492 g/mol. The van der Waals surface area contributed by atoms with Crippen molar-refractivity contribution in [1.29, 1.82) is 0 Å². The summed E-state index contributed by atoms with van der Waals surface area (Å²) in [4.78, 5) is 41.3. The number of hydrogen-bond acceptors (Lipinski definition) is 6. The molecule has 1 unspecified atom stereocenters. The number of amides is 3. The number of aliphatic hydroxyl groups excluding tert-OH is 1. The van der Waals surface area contributed by atoms with Crippen LogP contribution < -0.4 is 15.1 Å². The highest BCUT2D eigenvalue weighted by molar-refractivity contribution is 7.18. The van der Waals surface area contributed by atoms with Gasteiger partial charge in [0.25, 0.3) is 5.91 Å². The van der Waals surface area contributed by atoms with E-state index >= 15 is 0 Å². The second-order valence-corrected chi connectivity index (χ2v) is 9.96. The van der Waals surface area contributed by atoms with Crippen LogP contribution in [0.4, 0.5) is 16.2 Å². The molecule has 2 saturated heterocycles. The lowest BCUT2D eigenvalue weighted by Crippen LogP contribution is -2.42. The van der Waals surface area contributed by atoms with Crippen LogP contribution in [0.15, 0.2) is 30.3 Å². The van der Waals surface area contributed by atoms with Gasteiger partial charge >= 0.3 is 6.09 Å². The van der Waals surface area contributed by atoms with E-state index in [-0.39, 0.29) is 30.9 Å². The van der Waals surface area contributed by atoms with Crippen molar-refractivity contribution in [2.24, 2.45) is 5.92 Å². The molecule has 0 saturated carbocycles. The Morgan fingerprint density at radius 3 is 2.79 bits per heavy atom. The fraction of sp³-hybridized carbons (Fsp3) is 0.435. The largest absolute Gasteiger partial charge is 0.442 e. The van der Waals surface area contributed by atoms with E-state index in [9.17, 15) is 19.5 Å². The minimum atomic E-state index is -0.474. The molecule has 2 fully saturated rings. The van der Waals surface area contributed by atoms with Gasteiger partial charge in [-0.3, -0.25) is 14.5 Å². The van der Waals surface area contributed by atoms with Crippen LogP contribution in [0.5, 0.6) is 0 Å². The molecule has 176 valence electrons. The zero-order valence-electron chi connectivity index (χ0n) is 18.3. The van der Waals surface area contributed by atoms with Gasteiger partial charge in [0, 0.05) is 30.4 Å². The number of anilines is 2. The van der Waals surface area contributed by atoms with Crippen LogP contribution in [0.25, 0.3) is 0 Å². The molecule has 0 radical (unpaired) electrons. The standard InChI is InChI=1S/C23H26ClN3O5S/c1-14-11-16(4-5-18(14)26-9-2-3-15(8-10-28)22(26)30)27-13-17(32-23(27)31)12-25-21(29)19-6-7-20(24)33-19/h4-7,11,15,17,28H,2-3,8-10,12-13H2,1H3,(H,25,29)/t15?,17-/m0/s1. The summed E-state index contributed by atoms with van der Waals surface area (Å²) in [5, 5.41) is 12.0. The predicted octanol–water partition coefficient (Wildman–Crippen LogP) is 3.59. The van der Waals surface area contributed by atoms with Gasteiger partial charge in [-0.1, -0.05) is 11.6 Å². The number of halogens is 1. The summed E-state index contributed by atoms with van der Waals surface area (Å²) in [6.07, 6.45) is 1.21. The van der Waals surface area contributed by atoms with E-state index in [1.54, 1.807) is 23.1 Å². The number of benzene rings is 1. The maximum absolute atomic E-state index is 12.8. The summed E-state index contributed by atoms with van der Waals surface area (Å²) in [5.74, 6) is -0.376. The smallest absolute Gasteiger partial charge is 0.414 e. The van der Waals surface area contributed by atoms with Crippen LogP contribution >= 0.6 is 22.9 Å². The number of cyclic esters (lactones) is 1. The average Bonchev–Trinajstić information content (AvgIpc) is 3.39. The monoisotopic (exact) mass is 491 g/mol. The molecule has 2 N–H and O–H groups in total. The zero-order valence-corrected chi connectivity index (χ0v) is 19.8. The first-order chi connectivity index (χ1) is 15.9. The van der Waals surface area contributed by atoms with Crippen LogP contribution in [0.1, 0.15) is 34.5 Å². The Morgan fingerprint density at radius 2 is 2.09 bits per heavy atom. The Labute approximate surface area is 201 Å². The normalized spacial score (nSPS) is 20.8. The Morgan fingerprint density at radius 1 is 1.27 bits per heavy atom. The number of ether oxygens (including phenoxy) is 1. The lowest BCUT2D eigenvalue weighted by Gasteiger charge is -2.33. The molecule has 10 heteroatoms. The second kappa shape index (κ2) is 10.1. The summed E-state index contributed by atoms with van der Waals surface area (Å²) in [5.41, 5.74) is 2.37. The van der Waals surface area contributed by atoms with E-state index in [1.807, 2.05) is 19.1 Å². The number of carbonyl (C=O) groups excluding carboxylic acids is 3. The van der Waals surface area contributed by atoms with Gasteiger partial charge in [0.15, 0.2) is 0 Å². The molecule has 0 aliphatic carbocycles.